The number of hydrazone groups is 1. The number of benzene rings is 2. The van der Waals surface area contributed by atoms with E-state index in [1.54, 1.807) is 37.3 Å². The molecular formula is C15H16N2O3S. The van der Waals surface area contributed by atoms with Crippen LogP contribution in [0, 0.1) is 6.92 Å². The monoisotopic (exact) mass is 304 g/mol. The second-order valence-corrected chi connectivity index (χ2v) is 6.28. The molecule has 0 aliphatic heterocycles. The third-order valence-electron chi connectivity index (χ3n) is 2.96. The van der Waals surface area contributed by atoms with Crippen molar-refractivity contribution in [2.24, 2.45) is 5.10 Å². The van der Waals surface area contributed by atoms with Gasteiger partial charge >= 0.3 is 0 Å². The van der Waals surface area contributed by atoms with Gasteiger partial charge in [0.1, 0.15) is 5.75 Å². The van der Waals surface area contributed by atoms with E-state index >= 15 is 0 Å². The fourth-order valence-corrected chi connectivity index (χ4v) is 2.60. The number of sulfonamides is 1. The highest BCUT2D eigenvalue weighted by Crippen LogP contribution is 2.16. The number of aryl methyl sites for hydroxylation is 1. The summed E-state index contributed by atoms with van der Waals surface area (Å²) in [6.45, 7) is 3.50. The fourth-order valence-electron chi connectivity index (χ4n) is 1.74. The van der Waals surface area contributed by atoms with E-state index in [1.807, 2.05) is 6.92 Å². The lowest BCUT2D eigenvalue weighted by molar-refractivity contribution is 0.474. The number of nitrogens with zero attached hydrogens (tertiary/aromatic N) is 1. The maximum Gasteiger partial charge on any atom is 0.276 e. The molecule has 6 heteroatoms. The zero-order chi connectivity index (χ0) is 15.5. The summed E-state index contributed by atoms with van der Waals surface area (Å²) in [5.74, 6) is 0.0493. The third-order valence-corrected chi connectivity index (χ3v) is 4.18. The first-order valence-electron chi connectivity index (χ1n) is 6.31. The van der Waals surface area contributed by atoms with Crippen LogP contribution in [0.25, 0.3) is 0 Å². The molecule has 110 valence electrons. The third kappa shape index (κ3) is 3.61. The molecular weight excluding hydrogens is 288 g/mol. The minimum Gasteiger partial charge on any atom is -0.507 e. The van der Waals surface area contributed by atoms with Gasteiger partial charge < -0.3 is 5.11 Å². The van der Waals surface area contributed by atoms with Crippen molar-refractivity contribution in [3.05, 3.63) is 59.7 Å². The summed E-state index contributed by atoms with van der Waals surface area (Å²) in [4.78, 5) is 2.31. The maximum absolute atomic E-state index is 12.1. The van der Waals surface area contributed by atoms with Crippen molar-refractivity contribution in [2.45, 2.75) is 18.7 Å². The van der Waals surface area contributed by atoms with E-state index in [9.17, 15) is 13.5 Å². The number of nitrogens with one attached hydrogen (secondary N) is 1. The van der Waals surface area contributed by atoms with Gasteiger partial charge in [0.05, 0.1) is 10.6 Å². The molecule has 0 aliphatic carbocycles. The van der Waals surface area contributed by atoms with Crippen LogP contribution in [0.5, 0.6) is 5.75 Å². The maximum atomic E-state index is 12.1. The van der Waals surface area contributed by atoms with Gasteiger partial charge in [-0.3, -0.25) is 0 Å². The Morgan fingerprint density at radius 1 is 1.10 bits per heavy atom. The van der Waals surface area contributed by atoms with Gasteiger partial charge in [0.15, 0.2) is 0 Å². The van der Waals surface area contributed by atoms with Crippen LogP contribution in [0.3, 0.4) is 0 Å². The van der Waals surface area contributed by atoms with Gasteiger partial charge in [0.2, 0.25) is 0 Å². The largest absolute Gasteiger partial charge is 0.507 e. The molecule has 0 heterocycles. The predicted molar refractivity (Wildman–Crippen MR) is 81.8 cm³/mol. The molecule has 0 fully saturated rings. The highest BCUT2D eigenvalue weighted by molar-refractivity contribution is 7.89. The molecule has 0 aromatic heterocycles. The van der Waals surface area contributed by atoms with Crippen molar-refractivity contribution in [3.8, 4) is 5.75 Å². The minimum absolute atomic E-state index is 0.0493. The van der Waals surface area contributed by atoms with Gasteiger partial charge in [0.25, 0.3) is 10.0 Å². The van der Waals surface area contributed by atoms with E-state index < -0.39 is 10.0 Å². The number of hydrogen-bond acceptors (Lipinski definition) is 4. The van der Waals surface area contributed by atoms with Crippen LogP contribution < -0.4 is 4.83 Å². The molecule has 5 nitrogen and oxygen atoms in total. The second kappa shape index (κ2) is 5.97. The second-order valence-electron chi connectivity index (χ2n) is 4.62. The van der Waals surface area contributed by atoms with Crippen molar-refractivity contribution in [1.82, 2.24) is 4.83 Å². The molecule has 0 aliphatic rings. The summed E-state index contributed by atoms with van der Waals surface area (Å²) in [6, 6.07) is 13.1. The topological polar surface area (TPSA) is 78.8 Å². The molecule has 2 rings (SSSR count). The Hall–Kier alpha value is -2.34. The van der Waals surface area contributed by atoms with Gasteiger partial charge in [-0.05, 0) is 38.1 Å². The van der Waals surface area contributed by atoms with E-state index in [1.165, 1.54) is 18.2 Å². The molecule has 0 bridgehead atoms. The summed E-state index contributed by atoms with van der Waals surface area (Å²) in [5.41, 5.74) is 1.83. The molecule has 0 amide bonds. The highest BCUT2D eigenvalue weighted by Gasteiger charge is 2.13. The van der Waals surface area contributed by atoms with Crippen LogP contribution in [0.15, 0.2) is 58.5 Å². The van der Waals surface area contributed by atoms with E-state index in [-0.39, 0.29) is 10.6 Å². The van der Waals surface area contributed by atoms with E-state index in [2.05, 4.69) is 9.93 Å². The van der Waals surface area contributed by atoms with Gasteiger partial charge in [-0.1, -0.05) is 29.8 Å². The molecule has 2 aromatic rings. The molecule has 0 unspecified atom stereocenters. The van der Waals surface area contributed by atoms with E-state index in [0.29, 0.717) is 11.3 Å². The standard InChI is InChI=1S/C15H16N2O3S/c1-11-7-9-13(10-8-11)21(19,20)17-16-12(2)14-5-3-4-6-15(14)18/h3-10,17-18H,1-2H3. The smallest absolute Gasteiger partial charge is 0.276 e. The first kappa shape index (κ1) is 15.1. The Morgan fingerprint density at radius 3 is 2.33 bits per heavy atom. The molecule has 21 heavy (non-hydrogen) atoms. The van der Waals surface area contributed by atoms with Crippen LogP contribution in [-0.2, 0) is 10.0 Å². The Kier molecular flexibility index (Phi) is 4.28. The first-order valence-corrected chi connectivity index (χ1v) is 7.79. The number of aromatic hydroxyl groups is 1. The summed E-state index contributed by atoms with van der Waals surface area (Å²) in [5, 5.41) is 13.5. The van der Waals surface area contributed by atoms with Gasteiger partial charge in [-0.15, -0.1) is 0 Å². The number of para-hydroxylation sites is 1. The lowest BCUT2D eigenvalue weighted by Crippen LogP contribution is -2.20. The number of phenols is 1. The summed E-state index contributed by atoms with van der Waals surface area (Å²) < 4.78 is 24.2. The Labute approximate surface area is 124 Å². The lowest BCUT2D eigenvalue weighted by Gasteiger charge is -2.06. The predicted octanol–water partition coefficient (Wildman–Crippen LogP) is 2.40. The van der Waals surface area contributed by atoms with Gasteiger partial charge in [0, 0.05) is 5.56 Å². The van der Waals surface area contributed by atoms with Gasteiger partial charge in [-0.2, -0.15) is 18.4 Å². The summed E-state index contributed by atoms with van der Waals surface area (Å²) in [7, 11) is -3.71. The number of rotatable bonds is 4. The summed E-state index contributed by atoms with van der Waals surface area (Å²) in [6.07, 6.45) is 0. The Balaban J connectivity index is 2.23. The minimum atomic E-state index is -3.71. The molecule has 0 saturated carbocycles. The molecule has 2 N–H and O–H groups in total. The molecule has 0 radical (unpaired) electrons. The fraction of sp³-hybridized carbons (Fsp3) is 0.133. The van der Waals surface area contributed by atoms with Crippen LogP contribution >= 0.6 is 0 Å². The Morgan fingerprint density at radius 2 is 1.71 bits per heavy atom. The van der Waals surface area contributed by atoms with Crippen LogP contribution in [0.1, 0.15) is 18.1 Å². The number of phenolic OH excluding ortho intramolecular Hbond substituents is 1. The average Bonchev–Trinajstić information content (AvgIpc) is 2.46. The van der Waals surface area contributed by atoms with Crippen LogP contribution in [0.4, 0.5) is 0 Å². The Bertz CT molecular complexity index is 766. The number of hydrogen-bond donors (Lipinski definition) is 2. The van der Waals surface area contributed by atoms with E-state index in [4.69, 9.17) is 0 Å². The lowest BCUT2D eigenvalue weighted by atomic mass is 10.1. The van der Waals surface area contributed by atoms with Crippen molar-refractivity contribution in [1.29, 1.82) is 0 Å². The first-order chi connectivity index (χ1) is 9.90. The van der Waals surface area contributed by atoms with Crippen molar-refractivity contribution in [3.63, 3.8) is 0 Å². The zero-order valence-electron chi connectivity index (χ0n) is 11.7. The van der Waals surface area contributed by atoms with Gasteiger partial charge in [-0.25, -0.2) is 0 Å². The van der Waals surface area contributed by atoms with E-state index in [0.717, 1.165) is 5.56 Å². The quantitative estimate of drug-likeness (QED) is 0.672. The average molecular weight is 304 g/mol. The molecule has 2 aromatic carbocycles. The molecule has 0 atom stereocenters. The van der Waals surface area contributed by atoms with Crippen LogP contribution in [0.2, 0.25) is 0 Å². The normalized spacial score (nSPS) is 12.2. The van der Waals surface area contributed by atoms with Crippen molar-refractivity contribution >= 4 is 15.7 Å². The zero-order valence-corrected chi connectivity index (χ0v) is 12.6. The highest BCUT2D eigenvalue weighted by atomic mass is 32.2. The molecule has 0 saturated heterocycles. The van der Waals surface area contributed by atoms with Crippen LogP contribution in [-0.4, -0.2) is 19.2 Å². The molecule has 0 spiro atoms. The summed E-state index contributed by atoms with van der Waals surface area (Å²) >= 11 is 0. The van der Waals surface area contributed by atoms with Crippen molar-refractivity contribution in [2.75, 3.05) is 0 Å². The SMILES string of the molecule is CC(=NNS(=O)(=O)c1ccc(C)cc1)c1ccccc1O. The van der Waals surface area contributed by atoms with Crippen molar-refractivity contribution < 1.29 is 13.5 Å².